The maximum absolute atomic E-state index is 11.4. The summed E-state index contributed by atoms with van der Waals surface area (Å²) in [6, 6.07) is 4.87. The van der Waals surface area contributed by atoms with E-state index in [1.54, 1.807) is 18.2 Å². The van der Waals surface area contributed by atoms with Crippen LogP contribution in [0.15, 0.2) is 30.4 Å². The smallest absolute Gasteiger partial charge is 0.257 e. The van der Waals surface area contributed by atoms with Crippen LogP contribution in [-0.4, -0.2) is 19.1 Å². The molecule has 0 aromatic heterocycles. The quantitative estimate of drug-likeness (QED) is 0.643. The number of amides is 1. The SMILES string of the molecule is C/C=C/CCNC(=O)COc1cc(Cl)ccc1Cl. The highest BCUT2D eigenvalue weighted by Gasteiger charge is 2.05. The molecule has 1 amide bonds. The summed E-state index contributed by atoms with van der Waals surface area (Å²) in [7, 11) is 0. The first-order valence-electron chi connectivity index (χ1n) is 5.59. The second-order valence-electron chi connectivity index (χ2n) is 3.57. The molecule has 1 N–H and O–H groups in total. The summed E-state index contributed by atoms with van der Waals surface area (Å²) in [5, 5.41) is 3.68. The number of nitrogens with one attached hydrogen (secondary N) is 1. The number of hydrogen-bond donors (Lipinski definition) is 1. The standard InChI is InChI=1S/C13H15Cl2NO2/c1-2-3-4-7-16-13(17)9-18-12-8-10(14)5-6-11(12)15/h2-3,5-6,8H,4,7,9H2,1H3,(H,16,17)/b3-2+. The van der Waals surface area contributed by atoms with Gasteiger partial charge < -0.3 is 10.1 Å². The van der Waals surface area contributed by atoms with E-state index in [-0.39, 0.29) is 12.5 Å². The molecule has 0 bridgehead atoms. The molecule has 1 aromatic rings. The molecule has 0 saturated carbocycles. The van der Waals surface area contributed by atoms with Crippen LogP contribution in [0.2, 0.25) is 10.0 Å². The van der Waals surface area contributed by atoms with Gasteiger partial charge in [0.2, 0.25) is 0 Å². The van der Waals surface area contributed by atoms with Gasteiger partial charge in [-0.1, -0.05) is 35.4 Å². The van der Waals surface area contributed by atoms with Gasteiger partial charge in [0.25, 0.3) is 5.91 Å². The Bertz CT molecular complexity index is 433. The summed E-state index contributed by atoms with van der Waals surface area (Å²) >= 11 is 11.7. The number of allylic oxidation sites excluding steroid dienone is 1. The van der Waals surface area contributed by atoms with Crippen LogP contribution in [0.3, 0.4) is 0 Å². The van der Waals surface area contributed by atoms with Crippen molar-refractivity contribution in [3.8, 4) is 5.75 Å². The monoisotopic (exact) mass is 287 g/mol. The average molecular weight is 288 g/mol. The van der Waals surface area contributed by atoms with Crippen LogP contribution in [0.5, 0.6) is 5.75 Å². The Morgan fingerprint density at radius 2 is 2.22 bits per heavy atom. The van der Waals surface area contributed by atoms with Gasteiger partial charge >= 0.3 is 0 Å². The Morgan fingerprint density at radius 3 is 2.94 bits per heavy atom. The summed E-state index contributed by atoms with van der Waals surface area (Å²) in [6.07, 6.45) is 4.73. The molecule has 0 aliphatic rings. The first-order valence-corrected chi connectivity index (χ1v) is 6.34. The largest absolute Gasteiger partial charge is 0.482 e. The van der Waals surface area contributed by atoms with E-state index in [1.165, 1.54) is 0 Å². The highest BCUT2D eigenvalue weighted by molar-refractivity contribution is 6.34. The van der Waals surface area contributed by atoms with E-state index >= 15 is 0 Å². The summed E-state index contributed by atoms with van der Waals surface area (Å²) in [5.74, 6) is 0.225. The van der Waals surface area contributed by atoms with Crippen molar-refractivity contribution in [1.29, 1.82) is 0 Å². The Balaban J connectivity index is 2.35. The molecule has 18 heavy (non-hydrogen) atoms. The number of benzene rings is 1. The second-order valence-corrected chi connectivity index (χ2v) is 4.41. The summed E-state index contributed by atoms with van der Waals surface area (Å²) in [6.45, 7) is 2.46. The molecule has 0 atom stereocenters. The molecule has 0 saturated heterocycles. The Morgan fingerprint density at radius 1 is 1.44 bits per heavy atom. The van der Waals surface area contributed by atoms with Gasteiger partial charge in [-0.2, -0.15) is 0 Å². The van der Waals surface area contributed by atoms with Crippen molar-refractivity contribution in [3.05, 3.63) is 40.4 Å². The van der Waals surface area contributed by atoms with Gasteiger partial charge in [0.05, 0.1) is 5.02 Å². The van der Waals surface area contributed by atoms with Crippen LogP contribution in [0.25, 0.3) is 0 Å². The number of carbonyl (C=O) groups is 1. The summed E-state index contributed by atoms with van der Waals surface area (Å²) < 4.78 is 5.29. The number of hydrogen-bond acceptors (Lipinski definition) is 2. The van der Waals surface area contributed by atoms with E-state index in [4.69, 9.17) is 27.9 Å². The maximum Gasteiger partial charge on any atom is 0.257 e. The van der Waals surface area contributed by atoms with Gasteiger partial charge in [-0.05, 0) is 25.5 Å². The lowest BCUT2D eigenvalue weighted by Crippen LogP contribution is -2.29. The minimum Gasteiger partial charge on any atom is -0.482 e. The minimum atomic E-state index is -0.185. The third-order valence-electron chi connectivity index (χ3n) is 2.12. The molecular formula is C13H15Cl2NO2. The number of carbonyl (C=O) groups excluding carboxylic acids is 1. The predicted molar refractivity (Wildman–Crippen MR) is 74.4 cm³/mol. The molecule has 98 valence electrons. The summed E-state index contributed by atoms with van der Waals surface area (Å²) in [5.41, 5.74) is 0. The van der Waals surface area contributed by atoms with Gasteiger partial charge in [0, 0.05) is 17.6 Å². The van der Waals surface area contributed by atoms with Crippen molar-refractivity contribution >= 4 is 29.1 Å². The molecule has 1 rings (SSSR count). The van der Waals surface area contributed by atoms with Crippen LogP contribution >= 0.6 is 23.2 Å². The molecule has 0 aliphatic heterocycles. The molecule has 5 heteroatoms. The average Bonchev–Trinajstić information content (AvgIpc) is 2.36. The Hall–Kier alpha value is -1.19. The fourth-order valence-corrected chi connectivity index (χ4v) is 1.58. The lowest BCUT2D eigenvalue weighted by atomic mass is 10.3. The highest BCUT2D eigenvalue weighted by Crippen LogP contribution is 2.27. The molecule has 0 aliphatic carbocycles. The first-order chi connectivity index (χ1) is 8.63. The topological polar surface area (TPSA) is 38.3 Å². The highest BCUT2D eigenvalue weighted by atomic mass is 35.5. The fraction of sp³-hybridized carbons (Fsp3) is 0.308. The molecule has 0 heterocycles. The molecule has 0 spiro atoms. The maximum atomic E-state index is 11.4. The van der Waals surface area contributed by atoms with Gasteiger partial charge in [0.1, 0.15) is 5.75 Å². The lowest BCUT2D eigenvalue weighted by molar-refractivity contribution is -0.123. The molecule has 3 nitrogen and oxygen atoms in total. The lowest BCUT2D eigenvalue weighted by Gasteiger charge is -2.08. The zero-order chi connectivity index (χ0) is 13.4. The zero-order valence-electron chi connectivity index (χ0n) is 10.1. The van der Waals surface area contributed by atoms with Gasteiger partial charge in [-0.15, -0.1) is 0 Å². The number of halogens is 2. The number of ether oxygens (including phenoxy) is 1. The summed E-state index contributed by atoms with van der Waals surface area (Å²) in [4.78, 5) is 11.4. The number of rotatable bonds is 6. The molecule has 0 radical (unpaired) electrons. The van der Waals surface area contributed by atoms with Crippen LogP contribution in [0.1, 0.15) is 13.3 Å². The third kappa shape index (κ3) is 5.43. The van der Waals surface area contributed by atoms with Gasteiger partial charge in [-0.25, -0.2) is 0 Å². The van der Waals surface area contributed by atoms with Crippen molar-refractivity contribution in [3.63, 3.8) is 0 Å². The molecular weight excluding hydrogens is 273 g/mol. The van der Waals surface area contributed by atoms with E-state index in [2.05, 4.69) is 5.32 Å². The van der Waals surface area contributed by atoms with Crippen molar-refractivity contribution in [1.82, 2.24) is 5.32 Å². The van der Waals surface area contributed by atoms with Crippen LogP contribution in [0, 0.1) is 0 Å². The Labute approximate surface area is 117 Å². The first kappa shape index (κ1) is 14.9. The van der Waals surface area contributed by atoms with Crippen molar-refractivity contribution in [2.75, 3.05) is 13.2 Å². The van der Waals surface area contributed by atoms with E-state index in [0.29, 0.717) is 22.3 Å². The van der Waals surface area contributed by atoms with E-state index < -0.39 is 0 Å². The van der Waals surface area contributed by atoms with E-state index in [0.717, 1.165) is 6.42 Å². The second kappa shape index (κ2) is 8.01. The van der Waals surface area contributed by atoms with Crippen LogP contribution < -0.4 is 10.1 Å². The Kier molecular flexibility index (Phi) is 6.61. The predicted octanol–water partition coefficient (Wildman–Crippen LogP) is 3.45. The molecule has 0 unspecified atom stereocenters. The third-order valence-corrected chi connectivity index (χ3v) is 2.67. The van der Waals surface area contributed by atoms with Gasteiger partial charge in [0.15, 0.2) is 6.61 Å². The molecule has 1 aromatic carbocycles. The zero-order valence-corrected chi connectivity index (χ0v) is 11.6. The van der Waals surface area contributed by atoms with Crippen molar-refractivity contribution < 1.29 is 9.53 Å². The van der Waals surface area contributed by atoms with Crippen molar-refractivity contribution in [2.45, 2.75) is 13.3 Å². The normalized spacial score (nSPS) is 10.6. The van der Waals surface area contributed by atoms with Crippen molar-refractivity contribution in [2.24, 2.45) is 0 Å². The molecule has 0 fully saturated rings. The van der Waals surface area contributed by atoms with E-state index in [1.807, 2.05) is 19.1 Å². The minimum absolute atomic E-state index is 0.0735. The fourth-order valence-electron chi connectivity index (χ4n) is 1.24. The van der Waals surface area contributed by atoms with Gasteiger partial charge in [-0.3, -0.25) is 4.79 Å². The van der Waals surface area contributed by atoms with Crippen LogP contribution in [-0.2, 0) is 4.79 Å². The van der Waals surface area contributed by atoms with Crippen LogP contribution in [0.4, 0.5) is 0 Å². The van der Waals surface area contributed by atoms with E-state index in [9.17, 15) is 4.79 Å².